The van der Waals surface area contributed by atoms with E-state index in [0.29, 0.717) is 28.1 Å². The van der Waals surface area contributed by atoms with E-state index in [1.165, 1.54) is 0 Å². The van der Waals surface area contributed by atoms with Crippen molar-refractivity contribution in [1.29, 1.82) is 0 Å². The molecule has 0 aliphatic heterocycles. The van der Waals surface area contributed by atoms with Crippen LogP contribution < -0.4 is 9.47 Å². The Labute approximate surface area is 173 Å². The van der Waals surface area contributed by atoms with E-state index in [4.69, 9.17) is 9.47 Å². The molecule has 0 aliphatic carbocycles. The van der Waals surface area contributed by atoms with Gasteiger partial charge in [0.05, 0.1) is 31.8 Å². The third-order valence-corrected chi connectivity index (χ3v) is 4.92. The molecule has 0 aliphatic rings. The van der Waals surface area contributed by atoms with Gasteiger partial charge in [0.2, 0.25) is 5.78 Å². The Hall–Kier alpha value is -3.93. The van der Waals surface area contributed by atoms with E-state index in [9.17, 15) is 9.59 Å². The number of rotatable bonds is 7. The highest BCUT2D eigenvalue weighted by Gasteiger charge is 2.21. The van der Waals surface area contributed by atoms with Crippen molar-refractivity contribution in [3.63, 3.8) is 0 Å². The van der Waals surface area contributed by atoms with E-state index in [0.717, 1.165) is 5.52 Å². The van der Waals surface area contributed by atoms with Crippen LogP contribution in [0.25, 0.3) is 11.0 Å². The van der Waals surface area contributed by atoms with Gasteiger partial charge < -0.3 is 14.0 Å². The molecule has 0 atom stereocenters. The number of fused-ring (bicyclic) bond motifs is 1. The number of benzene rings is 3. The molecule has 150 valence electrons. The number of ketones is 2. The maximum Gasteiger partial charge on any atom is 0.228 e. The van der Waals surface area contributed by atoms with E-state index < -0.39 is 0 Å². The monoisotopic (exact) mass is 400 g/mol. The molecule has 0 unspecified atom stereocenters. The third-order valence-electron chi connectivity index (χ3n) is 4.92. The maximum atomic E-state index is 13.2. The quantitative estimate of drug-likeness (QED) is 0.436. The van der Waals surface area contributed by atoms with Gasteiger partial charge in [-0.25, -0.2) is 4.98 Å². The maximum absolute atomic E-state index is 13.2. The van der Waals surface area contributed by atoms with Crippen molar-refractivity contribution in [1.82, 2.24) is 9.55 Å². The number of hydrogen-bond acceptors (Lipinski definition) is 5. The fourth-order valence-corrected chi connectivity index (χ4v) is 3.29. The Morgan fingerprint density at radius 3 is 1.97 bits per heavy atom. The van der Waals surface area contributed by atoms with Crippen LogP contribution in [0.2, 0.25) is 0 Å². The lowest BCUT2D eigenvalue weighted by atomic mass is 10.1. The minimum Gasteiger partial charge on any atom is -0.497 e. The first-order valence-electron chi connectivity index (χ1n) is 9.42. The molecule has 0 radical (unpaired) electrons. The minimum atomic E-state index is -0.253. The minimum absolute atomic E-state index is 0.00404. The fourth-order valence-electron chi connectivity index (χ4n) is 3.29. The second-order valence-corrected chi connectivity index (χ2v) is 6.72. The summed E-state index contributed by atoms with van der Waals surface area (Å²) < 4.78 is 12.0. The summed E-state index contributed by atoms with van der Waals surface area (Å²) in [6.45, 7) is 0.00404. The predicted octanol–water partition coefficient (Wildman–Crippen LogP) is 4.17. The third kappa shape index (κ3) is 3.67. The van der Waals surface area contributed by atoms with Crippen LogP contribution in [0.15, 0.2) is 72.8 Å². The molecule has 6 heteroatoms. The first-order valence-corrected chi connectivity index (χ1v) is 9.42. The number of aromatic nitrogens is 2. The molecule has 0 bridgehead atoms. The van der Waals surface area contributed by atoms with Gasteiger partial charge in [0.25, 0.3) is 0 Å². The van der Waals surface area contributed by atoms with Crippen molar-refractivity contribution < 1.29 is 19.1 Å². The summed E-state index contributed by atoms with van der Waals surface area (Å²) in [5.74, 6) is 1.19. The van der Waals surface area contributed by atoms with Gasteiger partial charge in [0, 0.05) is 11.1 Å². The molecule has 0 saturated carbocycles. The fraction of sp³-hybridized carbons (Fsp3) is 0.125. The largest absolute Gasteiger partial charge is 0.497 e. The molecule has 1 aromatic heterocycles. The zero-order valence-corrected chi connectivity index (χ0v) is 16.7. The van der Waals surface area contributed by atoms with Gasteiger partial charge >= 0.3 is 0 Å². The summed E-state index contributed by atoms with van der Waals surface area (Å²) in [5, 5.41) is 0. The molecule has 0 spiro atoms. The zero-order chi connectivity index (χ0) is 21.1. The number of carbonyl (C=O) groups is 2. The van der Waals surface area contributed by atoms with Crippen molar-refractivity contribution in [2.45, 2.75) is 6.54 Å². The van der Waals surface area contributed by atoms with Crippen molar-refractivity contribution in [3.8, 4) is 11.5 Å². The molecule has 4 aromatic rings. The average Bonchev–Trinajstić information content (AvgIpc) is 3.17. The molecule has 3 aromatic carbocycles. The first-order chi connectivity index (χ1) is 14.6. The van der Waals surface area contributed by atoms with Crippen LogP contribution in [0, 0.1) is 0 Å². The summed E-state index contributed by atoms with van der Waals surface area (Å²) in [7, 11) is 3.15. The van der Waals surface area contributed by atoms with E-state index in [1.807, 2.05) is 24.3 Å². The first kappa shape index (κ1) is 19.4. The van der Waals surface area contributed by atoms with Crippen LogP contribution in [0.4, 0.5) is 0 Å². The summed E-state index contributed by atoms with van der Waals surface area (Å²) in [6.07, 6.45) is 0. The topological polar surface area (TPSA) is 70.4 Å². The molecule has 30 heavy (non-hydrogen) atoms. The molecule has 0 fully saturated rings. The number of Topliss-reactive ketones (excluding diaryl/α,β-unsaturated/α-hetero) is 1. The summed E-state index contributed by atoms with van der Waals surface area (Å²) in [6, 6.07) is 21.1. The SMILES string of the molecule is COc1ccc(C(=O)Cn2c(C(=O)c3ccc(OC)cc3)nc3ccccc32)cc1. The molecule has 1 heterocycles. The number of para-hydroxylation sites is 2. The Morgan fingerprint density at radius 1 is 0.800 bits per heavy atom. The Morgan fingerprint density at radius 2 is 1.37 bits per heavy atom. The number of carbonyl (C=O) groups excluding carboxylic acids is 2. The highest BCUT2D eigenvalue weighted by Crippen LogP contribution is 2.21. The molecule has 0 N–H and O–H groups in total. The van der Waals surface area contributed by atoms with E-state index >= 15 is 0 Å². The number of hydrogen-bond donors (Lipinski definition) is 0. The Kier molecular flexibility index (Phi) is 5.30. The lowest BCUT2D eigenvalue weighted by Crippen LogP contribution is -2.17. The standard InChI is InChI=1S/C24H20N2O4/c1-29-18-11-7-16(8-12-18)22(27)15-26-21-6-4-3-5-20(21)25-24(26)23(28)17-9-13-19(30-2)14-10-17/h3-14H,15H2,1-2H3. The van der Waals surface area contributed by atoms with Gasteiger partial charge in [0.15, 0.2) is 11.6 Å². The van der Waals surface area contributed by atoms with Crippen molar-refractivity contribution in [2.75, 3.05) is 14.2 Å². The second kappa shape index (κ2) is 8.21. The number of ether oxygens (including phenoxy) is 2. The van der Waals surface area contributed by atoms with E-state index in [1.54, 1.807) is 67.3 Å². The predicted molar refractivity (Wildman–Crippen MR) is 113 cm³/mol. The zero-order valence-electron chi connectivity index (χ0n) is 16.7. The van der Waals surface area contributed by atoms with Crippen molar-refractivity contribution in [2.24, 2.45) is 0 Å². The van der Waals surface area contributed by atoms with Gasteiger partial charge in [-0.2, -0.15) is 0 Å². The number of methoxy groups -OCH3 is 2. The molecular formula is C24H20N2O4. The van der Waals surface area contributed by atoms with Crippen LogP contribution in [0.1, 0.15) is 26.5 Å². The molecule has 0 amide bonds. The van der Waals surface area contributed by atoms with Crippen LogP contribution in [0.5, 0.6) is 11.5 Å². The normalized spacial score (nSPS) is 10.7. The molecule has 0 saturated heterocycles. The molecule has 4 rings (SSSR count). The second-order valence-electron chi connectivity index (χ2n) is 6.72. The van der Waals surface area contributed by atoms with Crippen LogP contribution in [0.3, 0.4) is 0 Å². The van der Waals surface area contributed by atoms with Gasteiger partial charge in [-0.1, -0.05) is 12.1 Å². The van der Waals surface area contributed by atoms with Crippen LogP contribution in [-0.4, -0.2) is 35.3 Å². The van der Waals surface area contributed by atoms with Crippen LogP contribution in [-0.2, 0) is 6.54 Å². The molecule has 6 nitrogen and oxygen atoms in total. The average molecular weight is 400 g/mol. The smallest absolute Gasteiger partial charge is 0.228 e. The highest BCUT2D eigenvalue weighted by atomic mass is 16.5. The van der Waals surface area contributed by atoms with Gasteiger partial charge in [-0.3, -0.25) is 9.59 Å². The molecular weight excluding hydrogens is 380 g/mol. The lowest BCUT2D eigenvalue weighted by Gasteiger charge is -2.09. The lowest BCUT2D eigenvalue weighted by molar-refractivity contribution is 0.0968. The summed E-state index contributed by atoms with van der Waals surface area (Å²) >= 11 is 0. The Bertz CT molecular complexity index is 1210. The number of nitrogens with zero attached hydrogens (tertiary/aromatic N) is 2. The highest BCUT2D eigenvalue weighted by molar-refractivity contribution is 6.09. The van der Waals surface area contributed by atoms with Gasteiger partial charge in [-0.05, 0) is 60.7 Å². The van der Waals surface area contributed by atoms with Gasteiger partial charge in [-0.15, -0.1) is 0 Å². The van der Waals surface area contributed by atoms with E-state index in [2.05, 4.69) is 4.98 Å². The van der Waals surface area contributed by atoms with Crippen molar-refractivity contribution in [3.05, 3.63) is 89.7 Å². The summed E-state index contributed by atoms with van der Waals surface area (Å²) in [4.78, 5) is 30.6. The Balaban J connectivity index is 1.72. The summed E-state index contributed by atoms with van der Waals surface area (Å²) in [5.41, 5.74) is 2.41. The number of imidazole rings is 1. The van der Waals surface area contributed by atoms with Crippen LogP contribution >= 0.6 is 0 Å². The van der Waals surface area contributed by atoms with Gasteiger partial charge in [0.1, 0.15) is 11.5 Å². The van der Waals surface area contributed by atoms with Crippen molar-refractivity contribution >= 4 is 22.6 Å². The van der Waals surface area contributed by atoms with E-state index in [-0.39, 0.29) is 23.9 Å².